The highest BCUT2D eigenvalue weighted by Gasteiger charge is 2.24. The molecular formula is C76H47N5O. The summed E-state index contributed by atoms with van der Waals surface area (Å²) in [5.74, 6) is 0. The van der Waals surface area contributed by atoms with Crippen LogP contribution in [0.15, 0.2) is 290 Å². The van der Waals surface area contributed by atoms with Gasteiger partial charge in [-0.1, -0.05) is 158 Å². The molecule has 0 saturated carbocycles. The molecule has 0 unspecified atom stereocenters. The van der Waals surface area contributed by atoms with E-state index in [0.717, 1.165) is 128 Å². The zero-order valence-electron chi connectivity index (χ0n) is 44.3. The third kappa shape index (κ3) is 7.08. The molecule has 6 nitrogen and oxygen atoms in total. The van der Waals surface area contributed by atoms with Gasteiger partial charge in [0.05, 0.1) is 50.2 Å². The number of furan rings is 1. The van der Waals surface area contributed by atoms with E-state index in [1.54, 1.807) is 0 Å². The molecule has 17 rings (SSSR count). The Bertz CT molecular complexity index is 5400. The monoisotopic (exact) mass is 1050 g/mol. The van der Waals surface area contributed by atoms with Gasteiger partial charge in [0.2, 0.25) is 0 Å². The maximum Gasteiger partial charge on any atom is 0.159 e. The first kappa shape index (κ1) is 45.9. The SMILES string of the molecule is c1ccc(-n2c3ccccc3c3cc(-c4ccc5oc6c(-n7c8ccccc8c8cc(-c9ccccc9-c9ccccn9)ccc87)cc(-n7c8ccccc8c8cc(-c9ccccc9-c9ccccn9)ccc87)cc6c5c4)ccc32)cc1. The quantitative estimate of drug-likeness (QED) is 0.152. The Kier molecular flexibility index (Phi) is 10.2. The number of para-hydroxylation sites is 4. The Labute approximate surface area is 471 Å². The summed E-state index contributed by atoms with van der Waals surface area (Å²) < 4.78 is 14.5. The molecule has 0 radical (unpaired) electrons. The molecule has 0 aliphatic rings. The van der Waals surface area contributed by atoms with Crippen LogP contribution in [0.4, 0.5) is 0 Å². The lowest BCUT2D eigenvalue weighted by molar-refractivity contribution is 0.666. The molecule has 382 valence electrons. The van der Waals surface area contributed by atoms with Gasteiger partial charge in [0.15, 0.2) is 5.58 Å². The van der Waals surface area contributed by atoms with Crippen LogP contribution in [-0.4, -0.2) is 23.7 Å². The zero-order chi connectivity index (χ0) is 53.8. The summed E-state index contributed by atoms with van der Waals surface area (Å²) in [6.45, 7) is 0. The molecule has 6 heterocycles. The molecule has 6 aromatic heterocycles. The van der Waals surface area contributed by atoms with Crippen LogP contribution in [0, 0.1) is 0 Å². The summed E-state index contributed by atoms with van der Waals surface area (Å²) in [5, 5.41) is 9.17. The Morgan fingerprint density at radius 2 is 0.671 bits per heavy atom. The first-order chi connectivity index (χ1) is 40.7. The van der Waals surface area contributed by atoms with Crippen molar-refractivity contribution in [2.24, 2.45) is 0 Å². The molecule has 0 bridgehead atoms. The van der Waals surface area contributed by atoms with Gasteiger partial charge in [0, 0.05) is 78.0 Å². The third-order valence-electron chi connectivity index (χ3n) is 16.8. The lowest BCUT2D eigenvalue weighted by atomic mass is 9.96. The van der Waals surface area contributed by atoms with Crippen LogP contribution >= 0.6 is 0 Å². The Morgan fingerprint density at radius 1 is 0.256 bits per heavy atom. The minimum absolute atomic E-state index is 0.818. The van der Waals surface area contributed by atoms with Crippen LogP contribution in [0.3, 0.4) is 0 Å². The molecule has 6 heteroatoms. The van der Waals surface area contributed by atoms with Crippen molar-refractivity contribution in [3.63, 3.8) is 0 Å². The van der Waals surface area contributed by atoms with Gasteiger partial charge in [0.25, 0.3) is 0 Å². The molecule has 0 aliphatic carbocycles. The first-order valence-electron chi connectivity index (χ1n) is 27.9. The molecule has 0 spiro atoms. The number of rotatable bonds is 8. The second kappa shape index (κ2) is 18.2. The van der Waals surface area contributed by atoms with Gasteiger partial charge in [-0.15, -0.1) is 0 Å². The van der Waals surface area contributed by atoms with Crippen molar-refractivity contribution in [2.75, 3.05) is 0 Å². The van der Waals surface area contributed by atoms with E-state index < -0.39 is 0 Å². The van der Waals surface area contributed by atoms with Crippen LogP contribution in [0.1, 0.15) is 0 Å². The van der Waals surface area contributed by atoms with E-state index >= 15 is 0 Å². The third-order valence-corrected chi connectivity index (χ3v) is 16.8. The zero-order valence-corrected chi connectivity index (χ0v) is 44.3. The second-order valence-electron chi connectivity index (χ2n) is 21.3. The smallest absolute Gasteiger partial charge is 0.159 e. The fourth-order valence-corrected chi connectivity index (χ4v) is 13.1. The van der Waals surface area contributed by atoms with Crippen LogP contribution in [0.5, 0.6) is 0 Å². The molecule has 0 amide bonds. The fourth-order valence-electron chi connectivity index (χ4n) is 13.1. The van der Waals surface area contributed by atoms with Gasteiger partial charge in [-0.2, -0.15) is 0 Å². The number of fused-ring (bicyclic) bond motifs is 12. The molecule has 0 aliphatic heterocycles. The number of pyridine rings is 2. The highest BCUT2D eigenvalue weighted by atomic mass is 16.3. The van der Waals surface area contributed by atoms with Crippen molar-refractivity contribution >= 4 is 87.4 Å². The summed E-state index contributed by atoms with van der Waals surface area (Å²) >= 11 is 0. The summed E-state index contributed by atoms with van der Waals surface area (Å²) in [6.07, 6.45) is 3.73. The van der Waals surface area contributed by atoms with Crippen molar-refractivity contribution in [2.45, 2.75) is 0 Å². The number of hydrogen-bond donors (Lipinski definition) is 0. The lowest BCUT2D eigenvalue weighted by Crippen LogP contribution is -1.99. The fraction of sp³-hybridized carbons (Fsp3) is 0. The molecular weight excluding hydrogens is 999 g/mol. The number of benzene rings is 11. The number of aromatic nitrogens is 5. The summed E-state index contributed by atoms with van der Waals surface area (Å²) in [5.41, 5.74) is 22.4. The summed E-state index contributed by atoms with van der Waals surface area (Å²) in [6, 6.07) is 98.5. The molecule has 11 aromatic carbocycles. The van der Waals surface area contributed by atoms with E-state index in [2.05, 4.69) is 275 Å². The average molecular weight is 1050 g/mol. The normalized spacial score (nSPS) is 11.9. The minimum atomic E-state index is 0.818. The Balaban J connectivity index is 0.909. The molecule has 17 aromatic rings. The predicted octanol–water partition coefficient (Wildman–Crippen LogP) is 20.0. The van der Waals surface area contributed by atoms with Gasteiger partial charge < -0.3 is 18.1 Å². The van der Waals surface area contributed by atoms with E-state index in [9.17, 15) is 0 Å². The van der Waals surface area contributed by atoms with Crippen LogP contribution in [0.25, 0.3) is 160 Å². The highest BCUT2D eigenvalue weighted by Crippen LogP contribution is 2.45. The van der Waals surface area contributed by atoms with Crippen molar-refractivity contribution in [1.29, 1.82) is 0 Å². The standard InChI is InChI=1S/C76H47N5O/c1-2-18-52(19-3-1)79-68-29-11-8-24-58(68)61-42-48(32-36-71(61)79)49-35-39-75-64(43-49)65-46-53(80-69-30-12-9-25-59(69)62-44-50(33-37-72(62)80)54-20-4-6-22-56(54)66-27-14-16-40-77-66)47-74(76(65)82-75)81-70-31-13-10-26-60(70)63-45-51(34-38-73(63)81)55-21-5-7-23-57(55)67-28-15-17-41-78-67/h1-47H. The van der Waals surface area contributed by atoms with E-state index in [0.29, 0.717) is 0 Å². The molecule has 0 atom stereocenters. The maximum atomic E-state index is 7.25. The first-order valence-corrected chi connectivity index (χ1v) is 27.9. The van der Waals surface area contributed by atoms with Gasteiger partial charge in [-0.05, 0) is 149 Å². The van der Waals surface area contributed by atoms with E-state index in [1.807, 2.05) is 24.5 Å². The summed E-state index contributed by atoms with van der Waals surface area (Å²) in [4.78, 5) is 9.55. The van der Waals surface area contributed by atoms with Crippen molar-refractivity contribution in [1.82, 2.24) is 23.7 Å². The van der Waals surface area contributed by atoms with Gasteiger partial charge in [-0.25, -0.2) is 0 Å². The Hall–Kier alpha value is -11.1. The lowest BCUT2D eigenvalue weighted by Gasteiger charge is -2.15. The van der Waals surface area contributed by atoms with Crippen LogP contribution in [-0.2, 0) is 0 Å². The minimum Gasteiger partial charge on any atom is -0.454 e. The number of hydrogen-bond acceptors (Lipinski definition) is 3. The average Bonchev–Trinajstić information content (AvgIpc) is 4.45. The van der Waals surface area contributed by atoms with E-state index in [1.165, 1.54) is 32.6 Å². The van der Waals surface area contributed by atoms with Crippen molar-refractivity contribution < 1.29 is 4.42 Å². The van der Waals surface area contributed by atoms with Gasteiger partial charge in [0.1, 0.15) is 5.58 Å². The highest BCUT2D eigenvalue weighted by molar-refractivity contribution is 6.17. The topological polar surface area (TPSA) is 53.7 Å². The van der Waals surface area contributed by atoms with Gasteiger partial charge >= 0.3 is 0 Å². The van der Waals surface area contributed by atoms with Crippen molar-refractivity contribution in [3.8, 4) is 73.0 Å². The Morgan fingerprint density at radius 3 is 1.22 bits per heavy atom. The van der Waals surface area contributed by atoms with Crippen LogP contribution in [0.2, 0.25) is 0 Å². The van der Waals surface area contributed by atoms with Crippen molar-refractivity contribution in [3.05, 3.63) is 285 Å². The van der Waals surface area contributed by atoms with E-state index in [4.69, 9.17) is 14.4 Å². The summed E-state index contributed by atoms with van der Waals surface area (Å²) in [7, 11) is 0. The molecule has 0 N–H and O–H groups in total. The van der Waals surface area contributed by atoms with Gasteiger partial charge in [-0.3, -0.25) is 9.97 Å². The molecule has 0 saturated heterocycles. The maximum absolute atomic E-state index is 7.25. The predicted molar refractivity (Wildman–Crippen MR) is 340 cm³/mol. The van der Waals surface area contributed by atoms with Crippen LogP contribution < -0.4 is 0 Å². The molecule has 0 fully saturated rings. The largest absolute Gasteiger partial charge is 0.454 e. The van der Waals surface area contributed by atoms with E-state index in [-0.39, 0.29) is 0 Å². The number of nitrogens with zero attached hydrogens (tertiary/aromatic N) is 5. The molecule has 82 heavy (non-hydrogen) atoms. The second-order valence-corrected chi connectivity index (χ2v) is 21.3.